The number of halogens is 1. The largest absolute Gasteiger partial charge is 0.449 e. The van der Waals surface area contributed by atoms with Crippen LogP contribution in [0.15, 0.2) is 30.3 Å². The lowest BCUT2D eigenvalue weighted by atomic mass is 10.1. The first-order valence-electron chi connectivity index (χ1n) is 4.54. The van der Waals surface area contributed by atoms with Crippen molar-refractivity contribution in [2.45, 2.75) is 19.4 Å². The van der Waals surface area contributed by atoms with E-state index in [1.54, 1.807) is 0 Å². The fourth-order valence-corrected chi connectivity index (χ4v) is 1.33. The van der Waals surface area contributed by atoms with Gasteiger partial charge in [0.05, 0.1) is 0 Å². The van der Waals surface area contributed by atoms with E-state index in [0.29, 0.717) is 6.42 Å². The number of ether oxygens (including phenoxy) is 1. The number of benzene rings is 1. The highest BCUT2D eigenvalue weighted by atomic mass is 35.5. The maximum atomic E-state index is 10.8. The third kappa shape index (κ3) is 4.53. The number of carbonyl (C=O) groups is 1. The highest BCUT2D eigenvalue weighted by Gasteiger charge is 2.09. The van der Waals surface area contributed by atoms with Crippen LogP contribution >= 0.6 is 11.6 Å². The summed E-state index contributed by atoms with van der Waals surface area (Å²) in [6, 6.07) is 9.68. The molecule has 0 radical (unpaired) electrons. The Bertz CT molecular complexity index is 376. The summed E-state index contributed by atoms with van der Waals surface area (Å²) >= 11 is 5.29. The van der Waals surface area contributed by atoms with Crippen LogP contribution in [-0.2, 0) is 16.0 Å². The van der Waals surface area contributed by atoms with Crippen LogP contribution in [0.1, 0.15) is 12.5 Å². The fourth-order valence-electron chi connectivity index (χ4n) is 1.21. The molecule has 0 bridgehead atoms. The molecule has 0 amide bonds. The van der Waals surface area contributed by atoms with Gasteiger partial charge in [-0.2, -0.15) is 0 Å². The molecular weight excluding hydrogens is 212 g/mol. The molecule has 78 valence electrons. The first-order chi connectivity index (χ1) is 7.22. The first-order valence-corrected chi connectivity index (χ1v) is 4.92. The molecule has 1 rings (SSSR count). The minimum atomic E-state index is -0.470. The van der Waals surface area contributed by atoms with Crippen molar-refractivity contribution in [3.05, 3.63) is 35.9 Å². The molecule has 0 aliphatic carbocycles. The molecule has 1 aromatic carbocycles. The topological polar surface area (TPSA) is 26.3 Å². The van der Waals surface area contributed by atoms with E-state index >= 15 is 0 Å². The van der Waals surface area contributed by atoms with Gasteiger partial charge in [-0.15, -0.1) is 0 Å². The molecule has 1 atom stereocenters. The molecule has 15 heavy (non-hydrogen) atoms. The Hall–Kier alpha value is -1.46. The molecule has 0 fully saturated rings. The summed E-state index contributed by atoms with van der Waals surface area (Å²) in [4.78, 5) is 10.8. The molecule has 0 aromatic heterocycles. The van der Waals surface area contributed by atoms with Crippen molar-refractivity contribution in [2.24, 2.45) is 0 Å². The van der Waals surface area contributed by atoms with E-state index in [-0.39, 0.29) is 5.97 Å². The van der Waals surface area contributed by atoms with E-state index in [9.17, 15) is 4.79 Å². The molecule has 1 aromatic rings. The maximum Gasteiger partial charge on any atom is 0.303 e. The van der Waals surface area contributed by atoms with Gasteiger partial charge in [0, 0.05) is 18.7 Å². The smallest absolute Gasteiger partial charge is 0.303 e. The Morgan fingerprint density at radius 3 is 2.67 bits per heavy atom. The van der Waals surface area contributed by atoms with E-state index < -0.39 is 6.10 Å². The summed E-state index contributed by atoms with van der Waals surface area (Å²) < 4.78 is 5.00. The summed E-state index contributed by atoms with van der Waals surface area (Å²) in [6.45, 7) is 1.36. The summed E-state index contributed by atoms with van der Waals surface area (Å²) in [6.07, 6.45) is 0.0857. The van der Waals surface area contributed by atoms with Crippen LogP contribution in [0.2, 0.25) is 0 Å². The van der Waals surface area contributed by atoms with Gasteiger partial charge in [-0.25, -0.2) is 0 Å². The Labute approximate surface area is 94.2 Å². The minimum Gasteiger partial charge on any atom is -0.449 e. The van der Waals surface area contributed by atoms with Gasteiger partial charge in [0.2, 0.25) is 0 Å². The maximum absolute atomic E-state index is 10.8. The van der Waals surface area contributed by atoms with E-state index in [4.69, 9.17) is 16.3 Å². The Kier molecular flexibility index (Phi) is 4.73. The zero-order valence-corrected chi connectivity index (χ0v) is 9.12. The molecule has 0 heterocycles. The molecule has 0 saturated heterocycles. The third-order valence-electron chi connectivity index (χ3n) is 1.79. The summed E-state index contributed by atoms with van der Waals surface area (Å²) in [5.41, 5.74) is 1.06. The number of hydrogen-bond donors (Lipinski definition) is 0. The lowest BCUT2D eigenvalue weighted by Crippen LogP contribution is -2.16. The second kappa shape index (κ2) is 6.10. The monoisotopic (exact) mass is 222 g/mol. The summed E-state index contributed by atoms with van der Waals surface area (Å²) in [5, 5.41) is 2.24. The van der Waals surface area contributed by atoms with Crippen LogP contribution in [-0.4, -0.2) is 12.1 Å². The van der Waals surface area contributed by atoms with Gasteiger partial charge in [0.25, 0.3) is 0 Å². The van der Waals surface area contributed by atoms with Gasteiger partial charge < -0.3 is 4.74 Å². The Morgan fingerprint density at radius 2 is 2.13 bits per heavy atom. The van der Waals surface area contributed by atoms with Crippen LogP contribution < -0.4 is 0 Å². The van der Waals surface area contributed by atoms with Gasteiger partial charge in [-0.05, 0) is 23.1 Å². The molecule has 1 unspecified atom stereocenters. The van der Waals surface area contributed by atoms with Gasteiger partial charge in [-0.3, -0.25) is 4.79 Å². The van der Waals surface area contributed by atoms with Crippen molar-refractivity contribution in [3.63, 3.8) is 0 Å². The van der Waals surface area contributed by atoms with Gasteiger partial charge in [0.15, 0.2) is 6.10 Å². The summed E-state index contributed by atoms with van der Waals surface area (Å²) in [7, 11) is 0. The summed E-state index contributed by atoms with van der Waals surface area (Å²) in [5.74, 6) is 2.28. The van der Waals surface area contributed by atoms with Crippen molar-refractivity contribution in [2.75, 3.05) is 0 Å². The van der Waals surface area contributed by atoms with Crippen LogP contribution in [0.4, 0.5) is 0 Å². The molecule has 0 N–H and O–H groups in total. The normalized spacial score (nSPS) is 11.1. The van der Waals surface area contributed by atoms with Crippen molar-refractivity contribution in [1.29, 1.82) is 0 Å². The molecule has 0 aliphatic heterocycles. The van der Waals surface area contributed by atoms with E-state index in [2.05, 4.69) is 11.3 Å². The predicted molar refractivity (Wildman–Crippen MR) is 59.3 cm³/mol. The van der Waals surface area contributed by atoms with E-state index in [1.807, 2.05) is 30.3 Å². The van der Waals surface area contributed by atoms with Gasteiger partial charge in [-0.1, -0.05) is 30.3 Å². The number of hydrogen-bond acceptors (Lipinski definition) is 2. The number of rotatable bonds is 3. The molecule has 0 saturated carbocycles. The number of carbonyl (C=O) groups excluding carboxylic acids is 1. The quantitative estimate of drug-likeness (QED) is 0.580. The van der Waals surface area contributed by atoms with Crippen LogP contribution in [0, 0.1) is 11.3 Å². The lowest BCUT2D eigenvalue weighted by molar-refractivity contribution is -0.143. The standard InChI is InChI=1S/C12H11ClO2/c1-10(14)15-12(7-8-13)9-11-5-3-2-4-6-11/h2-6,12H,9H2,1H3. The molecular formula is C12H11ClO2. The molecule has 3 heteroatoms. The SMILES string of the molecule is CC(=O)OC(C#CCl)Cc1ccccc1. The minimum absolute atomic E-state index is 0.352. The fraction of sp³-hybridized carbons (Fsp3) is 0.250. The Balaban J connectivity index is 2.65. The average molecular weight is 223 g/mol. The lowest BCUT2D eigenvalue weighted by Gasteiger charge is -2.10. The second-order valence-corrected chi connectivity index (χ2v) is 3.22. The van der Waals surface area contributed by atoms with Crippen LogP contribution in [0.3, 0.4) is 0 Å². The first kappa shape index (κ1) is 11.6. The van der Waals surface area contributed by atoms with Crippen LogP contribution in [0.25, 0.3) is 0 Å². The highest BCUT2D eigenvalue weighted by molar-refractivity contribution is 6.30. The van der Waals surface area contributed by atoms with Gasteiger partial charge in [0.1, 0.15) is 0 Å². The zero-order chi connectivity index (χ0) is 11.1. The number of esters is 1. The second-order valence-electron chi connectivity index (χ2n) is 3.03. The molecule has 0 spiro atoms. The predicted octanol–water partition coefficient (Wildman–Crippen LogP) is 2.36. The third-order valence-corrected chi connectivity index (χ3v) is 1.90. The van der Waals surface area contributed by atoms with Crippen molar-refractivity contribution in [3.8, 4) is 11.3 Å². The van der Waals surface area contributed by atoms with E-state index in [0.717, 1.165) is 5.56 Å². The van der Waals surface area contributed by atoms with Crippen LogP contribution in [0.5, 0.6) is 0 Å². The van der Waals surface area contributed by atoms with E-state index in [1.165, 1.54) is 6.92 Å². The average Bonchev–Trinajstić information content (AvgIpc) is 2.18. The van der Waals surface area contributed by atoms with Crippen molar-refractivity contribution < 1.29 is 9.53 Å². The Morgan fingerprint density at radius 1 is 1.47 bits per heavy atom. The van der Waals surface area contributed by atoms with Crippen molar-refractivity contribution >= 4 is 17.6 Å². The van der Waals surface area contributed by atoms with Crippen molar-refractivity contribution in [1.82, 2.24) is 0 Å². The molecule has 2 nitrogen and oxygen atoms in total. The van der Waals surface area contributed by atoms with Gasteiger partial charge >= 0.3 is 5.97 Å². The zero-order valence-electron chi connectivity index (χ0n) is 8.37. The highest BCUT2D eigenvalue weighted by Crippen LogP contribution is 2.05. The molecule has 0 aliphatic rings.